The van der Waals surface area contributed by atoms with E-state index in [0.717, 1.165) is 12.1 Å². The maximum absolute atomic E-state index is 11.2. The lowest BCUT2D eigenvalue weighted by Gasteiger charge is -2.11. The number of hydrogen-bond donors (Lipinski definition) is 2. The molecule has 4 heteroatoms. The Labute approximate surface area is 89.9 Å². The smallest absolute Gasteiger partial charge is 0.220 e. The Morgan fingerprint density at radius 1 is 1.60 bits per heavy atom. The number of nitrogens with two attached hydrogens (primary N) is 1. The van der Waals surface area contributed by atoms with Crippen molar-refractivity contribution in [1.29, 1.82) is 0 Å². The number of aromatic nitrogens is 1. The van der Waals surface area contributed by atoms with E-state index >= 15 is 0 Å². The Morgan fingerprint density at radius 3 is 3.00 bits per heavy atom. The van der Waals surface area contributed by atoms with E-state index in [1.807, 2.05) is 25.1 Å². The highest BCUT2D eigenvalue weighted by Crippen LogP contribution is 2.04. The SMILES string of the molecule is CCCC(=O)NCC(N)c1ccccn1. The Hall–Kier alpha value is -1.42. The molecular weight excluding hydrogens is 190 g/mol. The summed E-state index contributed by atoms with van der Waals surface area (Å²) in [5.74, 6) is 0.0453. The molecule has 1 rings (SSSR count). The van der Waals surface area contributed by atoms with Gasteiger partial charge >= 0.3 is 0 Å². The molecule has 0 saturated heterocycles. The lowest BCUT2D eigenvalue weighted by molar-refractivity contribution is -0.121. The molecule has 0 aliphatic heterocycles. The van der Waals surface area contributed by atoms with Gasteiger partial charge in [-0.25, -0.2) is 0 Å². The summed E-state index contributed by atoms with van der Waals surface area (Å²) in [6, 6.07) is 5.35. The lowest BCUT2D eigenvalue weighted by Crippen LogP contribution is -2.32. The van der Waals surface area contributed by atoms with Crippen molar-refractivity contribution in [2.45, 2.75) is 25.8 Å². The van der Waals surface area contributed by atoms with Gasteiger partial charge in [-0.3, -0.25) is 9.78 Å². The van der Waals surface area contributed by atoms with Crippen molar-refractivity contribution < 1.29 is 4.79 Å². The Morgan fingerprint density at radius 2 is 2.40 bits per heavy atom. The third-order valence-electron chi connectivity index (χ3n) is 2.06. The van der Waals surface area contributed by atoms with Crippen LogP contribution in [-0.2, 0) is 4.79 Å². The molecule has 0 fully saturated rings. The molecular formula is C11H17N3O. The van der Waals surface area contributed by atoms with Crippen LogP contribution in [0.4, 0.5) is 0 Å². The zero-order chi connectivity index (χ0) is 11.1. The van der Waals surface area contributed by atoms with E-state index in [1.54, 1.807) is 6.20 Å². The molecule has 1 unspecified atom stereocenters. The van der Waals surface area contributed by atoms with Crippen LogP contribution in [0.2, 0.25) is 0 Å². The fourth-order valence-corrected chi connectivity index (χ4v) is 1.24. The van der Waals surface area contributed by atoms with E-state index in [1.165, 1.54) is 0 Å². The van der Waals surface area contributed by atoms with Crippen molar-refractivity contribution in [3.05, 3.63) is 30.1 Å². The van der Waals surface area contributed by atoms with E-state index in [4.69, 9.17) is 5.73 Å². The summed E-state index contributed by atoms with van der Waals surface area (Å²) in [5.41, 5.74) is 6.66. The number of amides is 1. The van der Waals surface area contributed by atoms with Crippen LogP contribution in [0.15, 0.2) is 24.4 Å². The average Bonchev–Trinajstić information content (AvgIpc) is 2.27. The van der Waals surface area contributed by atoms with E-state index < -0.39 is 0 Å². The van der Waals surface area contributed by atoms with Gasteiger partial charge in [0.15, 0.2) is 0 Å². The van der Waals surface area contributed by atoms with Gasteiger partial charge in [0.25, 0.3) is 0 Å². The van der Waals surface area contributed by atoms with Crippen LogP contribution in [-0.4, -0.2) is 17.4 Å². The molecule has 1 atom stereocenters. The zero-order valence-corrected chi connectivity index (χ0v) is 8.94. The molecule has 0 aromatic carbocycles. The van der Waals surface area contributed by atoms with Gasteiger partial charge in [-0.1, -0.05) is 13.0 Å². The monoisotopic (exact) mass is 207 g/mol. The van der Waals surface area contributed by atoms with Crippen molar-refractivity contribution in [3.8, 4) is 0 Å². The second-order valence-electron chi connectivity index (χ2n) is 3.42. The average molecular weight is 207 g/mol. The Kier molecular flexibility index (Phi) is 4.77. The minimum Gasteiger partial charge on any atom is -0.354 e. The van der Waals surface area contributed by atoms with Crippen molar-refractivity contribution in [1.82, 2.24) is 10.3 Å². The van der Waals surface area contributed by atoms with Gasteiger partial charge in [0.2, 0.25) is 5.91 Å². The van der Waals surface area contributed by atoms with Crippen molar-refractivity contribution in [3.63, 3.8) is 0 Å². The van der Waals surface area contributed by atoms with Gasteiger partial charge < -0.3 is 11.1 Å². The molecule has 1 heterocycles. The van der Waals surface area contributed by atoms with Crippen LogP contribution in [0, 0.1) is 0 Å². The predicted octanol–water partition coefficient (Wildman–Crippen LogP) is 0.998. The van der Waals surface area contributed by atoms with Gasteiger partial charge in [0.1, 0.15) is 0 Å². The third kappa shape index (κ3) is 4.08. The molecule has 0 saturated carbocycles. The Balaban J connectivity index is 2.37. The van der Waals surface area contributed by atoms with Crippen LogP contribution in [0.5, 0.6) is 0 Å². The van der Waals surface area contributed by atoms with Crippen LogP contribution in [0.25, 0.3) is 0 Å². The fourth-order valence-electron chi connectivity index (χ4n) is 1.24. The van der Waals surface area contributed by atoms with Crippen LogP contribution >= 0.6 is 0 Å². The maximum Gasteiger partial charge on any atom is 0.220 e. The van der Waals surface area contributed by atoms with Gasteiger partial charge in [0.05, 0.1) is 11.7 Å². The standard InChI is InChI=1S/C11H17N3O/c1-2-5-11(15)14-8-9(12)10-6-3-4-7-13-10/h3-4,6-7,9H,2,5,8,12H2,1H3,(H,14,15). The molecule has 0 radical (unpaired) electrons. The maximum atomic E-state index is 11.2. The fraction of sp³-hybridized carbons (Fsp3) is 0.455. The second kappa shape index (κ2) is 6.14. The van der Waals surface area contributed by atoms with Crippen molar-refractivity contribution >= 4 is 5.91 Å². The number of carbonyl (C=O) groups excluding carboxylic acids is 1. The van der Waals surface area contributed by atoms with Crippen molar-refractivity contribution in [2.24, 2.45) is 5.73 Å². The number of nitrogens with zero attached hydrogens (tertiary/aromatic N) is 1. The molecule has 1 amide bonds. The number of nitrogens with one attached hydrogen (secondary N) is 1. The Bertz CT molecular complexity index is 300. The minimum absolute atomic E-state index is 0.0453. The summed E-state index contributed by atoms with van der Waals surface area (Å²) in [5, 5.41) is 2.78. The summed E-state index contributed by atoms with van der Waals surface area (Å²) in [6.07, 6.45) is 3.10. The highest BCUT2D eigenvalue weighted by Gasteiger charge is 2.07. The van der Waals surface area contributed by atoms with Gasteiger partial charge in [-0.2, -0.15) is 0 Å². The topological polar surface area (TPSA) is 68.0 Å². The molecule has 0 spiro atoms. The molecule has 0 bridgehead atoms. The molecule has 1 aromatic rings. The summed E-state index contributed by atoms with van der Waals surface area (Å²) in [4.78, 5) is 15.3. The van der Waals surface area contributed by atoms with Crippen LogP contribution in [0.3, 0.4) is 0 Å². The zero-order valence-electron chi connectivity index (χ0n) is 8.94. The number of carbonyl (C=O) groups is 1. The summed E-state index contributed by atoms with van der Waals surface area (Å²) < 4.78 is 0. The molecule has 15 heavy (non-hydrogen) atoms. The normalized spacial score (nSPS) is 12.1. The van der Waals surface area contributed by atoms with Gasteiger partial charge in [0, 0.05) is 19.2 Å². The predicted molar refractivity (Wildman–Crippen MR) is 59.1 cm³/mol. The molecule has 3 N–H and O–H groups in total. The lowest BCUT2D eigenvalue weighted by atomic mass is 10.2. The molecule has 82 valence electrons. The largest absolute Gasteiger partial charge is 0.354 e. The van der Waals surface area contributed by atoms with E-state index in [2.05, 4.69) is 10.3 Å². The number of hydrogen-bond acceptors (Lipinski definition) is 3. The van der Waals surface area contributed by atoms with E-state index in [9.17, 15) is 4.79 Å². The summed E-state index contributed by atoms with van der Waals surface area (Å²) >= 11 is 0. The molecule has 0 aliphatic carbocycles. The van der Waals surface area contributed by atoms with Gasteiger partial charge in [-0.05, 0) is 18.6 Å². The van der Waals surface area contributed by atoms with Crippen molar-refractivity contribution in [2.75, 3.05) is 6.54 Å². The summed E-state index contributed by atoms with van der Waals surface area (Å²) in [6.45, 7) is 2.41. The number of pyridine rings is 1. The number of rotatable bonds is 5. The highest BCUT2D eigenvalue weighted by molar-refractivity contribution is 5.75. The van der Waals surface area contributed by atoms with Crippen LogP contribution in [0.1, 0.15) is 31.5 Å². The molecule has 0 aliphatic rings. The first kappa shape index (κ1) is 11.7. The third-order valence-corrected chi connectivity index (χ3v) is 2.06. The minimum atomic E-state index is -0.230. The summed E-state index contributed by atoms with van der Waals surface area (Å²) in [7, 11) is 0. The first-order valence-electron chi connectivity index (χ1n) is 5.17. The molecule has 4 nitrogen and oxygen atoms in total. The van der Waals surface area contributed by atoms with Gasteiger partial charge in [-0.15, -0.1) is 0 Å². The van der Waals surface area contributed by atoms with E-state index in [0.29, 0.717) is 13.0 Å². The van der Waals surface area contributed by atoms with Crippen LogP contribution < -0.4 is 11.1 Å². The quantitative estimate of drug-likeness (QED) is 0.756. The first-order valence-corrected chi connectivity index (χ1v) is 5.17. The second-order valence-corrected chi connectivity index (χ2v) is 3.42. The highest BCUT2D eigenvalue weighted by atomic mass is 16.1. The first-order chi connectivity index (χ1) is 7.24. The molecule has 1 aromatic heterocycles. The van der Waals surface area contributed by atoms with E-state index in [-0.39, 0.29) is 11.9 Å².